The van der Waals surface area contributed by atoms with E-state index in [1.54, 1.807) is 12.3 Å². The van der Waals surface area contributed by atoms with Gasteiger partial charge in [0.15, 0.2) is 0 Å². The number of aromatic nitrogens is 1. The first kappa shape index (κ1) is 13.4. The van der Waals surface area contributed by atoms with E-state index < -0.39 is 0 Å². The Kier molecular flexibility index (Phi) is 3.97. The first-order valence-corrected chi connectivity index (χ1v) is 6.73. The minimum absolute atomic E-state index is 0.0678. The first-order chi connectivity index (χ1) is 8.60. The maximum atomic E-state index is 12.1. The lowest BCUT2D eigenvalue weighted by molar-refractivity contribution is 0.0926. The van der Waals surface area contributed by atoms with Crippen molar-refractivity contribution >= 4 is 17.5 Å². The molecule has 4 nitrogen and oxygen atoms in total. The van der Waals surface area contributed by atoms with Gasteiger partial charge in [-0.25, -0.2) is 0 Å². The number of hydrogen-bond donors (Lipinski definition) is 2. The maximum Gasteiger partial charge on any atom is 0.267 e. The van der Waals surface area contributed by atoms with E-state index in [0.717, 1.165) is 25.8 Å². The molecule has 100 valence electrons. The van der Waals surface area contributed by atoms with E-state index in [1.165, 1.54) is 0 Å². The highest BCUT2D eigenvalue weighted by molar-refractivity contribution is 6.31. The molecule has 2 rings (SSSR count). The third kappa shape index (κ3) is 2.87. The van der Waals surface area contributed by atoms with Gasteiger partial charge < -0.3 is 15.0 Å². The molecule has 0 aliphatic heterocycles. The lowest BCUT2D eigenvalue weighted by Gasteiger charge is -2.13. The fourth-order valence-corrected chi connectivity index (χ4v) is 2.24. The Labute approximate surface area is 112 Å². The highest BCUT2D eigenvalue weighted by Gasteiger charge is 2.42. The zero-order valence-electron chi connectivity index (χ0n) is 10.6. The van der Waals surface area contributed by atoms with Crippen molar-refractivity contribution in [2.24, 2.45) is 5.41 Å². The molecule has 18 heavy (non-hydrogen) atoms. The summed E-state index contributed by atoms with van der Waals surface area (Å²) in [6.45, 7) is 3.52. The molecule has 0 saturated heterocycles. The number of nitrogens with zero attached hydrogens (tertiary/aromatic N) is 1. The van der Waals surface area contributed by atoms with Crippen LogP contribution < -0.4 is 5.32 Å². The van der Waals surface area contributed by atoms with E-state index in [1.807, 2.05) is 4.57 Å². The molecule has 1 aromatic rings. The predicted octanol–water partition coefficient (Wildman–Crippen LogP) is 2.05. The quantitative estimate of drug-likeness (QED) is 0.831. The Hall–Kier alpha value is -1.00. The summed E-state index contributed by atoms with van der Waals surface area (Å²) in [4.78, 5) is 12.1. The van der Waals surface area contributed by atoms with Gasteiger partial charge in [-0.1, -0.05) is 18.5 Å². The van der Waals surface area contributed by atoms with E-state index >= 15 is 0 Å². The van der Waals surface area contributed by atoms with Crippen molar-refractivity contribution in [3.8, 4) is 0 Å². The third-order valence-corrected chi connectivity index (χ3v) is 3.68. The predicted molar refractivity (Wildman–Crippen MR) is 70.8 cm³/mol. The molecule has 0 bridgehead atoms. The molecule has 1 heterocycles. The minimum Gasteiger partial charge on any atom is -0.396 e. The van der Waals surface area contributed by atoms with Crippen molar-refractivity contribution in [1.29, 1.82) is 0 Å². The van der Waals surface area contributed by atoms with Gasteiger partial charge in [-0.05, 0) is 25.3 Å². The molecule has 0 spiro atoms. The van der Waals surface area contributed by atoms with Crippen molar-refractivity contribution in [1.82, 2.24) is 9.88 Å². The molecule has 1 saturated carbocycles. The van der Waals surface area contributed by atoms with Crippen LogP contribution in [0.15, 0.2) is 12.3 Å². The molecule has 0 radical (unpaired) electrons. The van der Waals surface area contributed by atoms with Gasteiger partial charge in [0.25, 0.3) is 5.91 Å². The lowest BCUT2D eigenvalue weighted by Crippen LogP contribution is -2.33. The van der Waals surface area contributed by atoms with Crippen LogP contribution >= 0.6 is 11.6 Å². The van der Waals surface area contributed by atoms with Crippen LogP contribution in [0.2, 0.25) is 5.02 Å². The van der Waals surface area contributed by atoms with Crippen molar-refractivity contribution in [3.63, 3.8) is 0 Å². The summed E-state index contributed by atoms with van der Waals surface area (Å²) in [5, 5.41) is 12.7. The van der Waals surface area contributed by atoms with Crippen molar-refractivity contribution in [2.75, 3.05) is 13.2 Å². The summed E-state index contributed by atoms with van der Waals surface area (Å²) in [6.07, 6.45) is 4.70. The number of carbonyl (C=O) groups is 1. The molecule has 5 heteroatoms. The van der Waals surface area contributed by atoms with Gasteiger partial charge in [0, 0.05) is 24.7 Å². The SMILES string of the molecule is CCCn1cc(Cl)cc1C(=O)NCC1(CO)CC1. The van der Waals surface area contributed by atoms with E-state index in [2.05, 4.69) is 12.2 Å². The Morgan fingerprint density at radius 2 is 2.33 bits per heavy atom. The summed E-state index contributed by atoms with van der Waals surface area (Å²) < 4.78 is 1.87. The Bertz CT molecular complexity index is 438. The van der Waals surface area contributed by atoms with Gasteiger partial charge in [0.1, 0.15) is 5.69 Å². The summed E-state index contributed by atoms with van der Waals surface area (Å²) in [6, 6.07) is 1.69. The highest BCUT2D eigenvalue weighted by atomic mass is 35.5. The Morgan fingerprint density at radius 1 is 1.61 bits per heavy atom. The summed E-state index contributed by atoms with van der Waals surface area (Å²) in [5.74, 6) is -0.116. The number of aliphatic hydroxyl groups is 1. The van der Waals surface area contributed by atoms with E-state index in [-0.39, 0.29) is 17.9 Å². The number of carbonyl (C=O) groups excluding carboxylic acids is 1. The van der Waals surface area contributed by atoms with Crippen LogP contribution in [-0.4, -0.2) is 28.7 Å². The minimum atomic E-state index is -0.116. The smallest absolute Gasteiger partial charge is 0.267 e. The van der Waals surface area contributed by atoms with Crippen LogP contribution in [0.5, 0.6) is 0 Å². The van der Waals surface area contributed by atoms with E-state index in [0.29, 0.717) is 17.3 Å². The van der Waals surface area contributed by atoms with Crippen LogP contribution in [0, 0.1) is 5.41 Å². The molecule has 0 atom stereocenters. The number of rotatable bonds is 6. The second-order valence-corrected chi connectivity index (χ2v) is 5.51. The largest absolute Gasteiger partial charge is 0.396 e. The van der Waals surface area contributed by atoms with Crippen molar-refractivity contribution < 1.29 is 9.90 Å². The number of aryl methyl sites for hydroxylation is 1. The second-order valence-electron chi connectivity index (χ2n) is 5.08. The maximum absolute atomic E-state index is 12.1. The molecule has 1 fully saturated rings. The molecule has 0 aromatic carbocycles. The van der Waals surface area contributed by atoms with Gasteiger partial charge in [-0.3, -0.25) is 4.79 Å². The molecular weight excluding hydrogens is 252 g/mol. The van der Waals surface area contributed by atoms with Crippen LogP contribution in [0.3, 0.4) is 0 Å². The Morgan fingerprint density at radius 3 is 2.89 bits per heavy atom. The summed E-state index contributed by atoms with van der Waals surface area (Å²) in [5.41, 5.74) is 0.525. The van der Waals surface area contributed by atoms with Crippen LogP contribution in [0.4, 0.5) is 0 Å². The van der Waals surface area contributed by atoms with E-state index in [9.17, 15) is 9.90 Å². The summed E-state index contributed by atoms with van der Waals surface area (Å²) >= 11 is 5.93. The number of aliphatic hydroxyl groups excluding tert-OH is 1. The molecule has 1 aromatic heterocycles. The normalized spacial score (nSPS) is 16.6. The lowest BCUT2D eigenvalue weighted by atomic mass is 10.1. The first-order valence-electron chi connectivity index (χ1n) is 6.35. The number of nitrogens with one attached hydrogen (secondary N) is 1. The van der Waals surface area contributed by atoms with Gasteiger partial charge >= 0.3 is 0 Å². The van der Waals surface area contributed by atoms with Gasteiger partial charge in [-0.2, -0.15) is 0 Å². The number of halogens is 1. The van der Waals surface area contributed by atoms with Crippen LogP contribution in [0.1, 0.15) is 36.7 Å². The van der Waals surface area contributed by atoms with E-state index in [4.69, 9.17) is 11.6 Å². The molecular formula is C13H19ClN2O2. The Balaban J connectivity index is 1.99. The van der Waals surface area contributed by atoms with Crippen molar-refractivity contribution in [2.45, 2.75) is 32.7 Å². The fraction of sp³-hybridized carbons (Fsp3) is 0.615. The average molecular weight is 271 g/mol. The average Bonchev–Trinajstić information content (AvgIpc) is 3.05. The zero-order valence-corrected chi connectivity index (χ0v) is 11.3. The topological polar surface area (TPSA) is 54.3 Å². The molecule has 0 unspecified atom stereocenters. The molecule has 1 amide bonds. The third-order valence-electron chi connectivity index (χ3n) is 3.48. The van der Waals surface area contributed by atoms with Crippen LogP contribution in [0.25, 0.3) is 0 Å². The monoisotopic (exact) mass is 270 g/mol. The molecule has 2 N–H and O–H groups in total. The number of hydrogen-bond acceptors (Lipinski definition) is 2. The highest BCUT2D eigenvalue weighted by Crippen LogP contribution is 2.44. The molecule has 1 aliphatic carbocycles. The second kappa shape index (κ2) is 5.33. The van der Waals surface area contributed by atoms with Crippen LogP contribution in [-0.2, 0) is 6.54 Å². The van der Waals surface area contributed by atoms with Gasteiger partial charge in [0.05, 0.1) is 11.6 Å². The number of amides is 1. The van der Waals surface area contributed by atoms with Crippen molar-refractivity contribution in [3.05, 3.63) is 23.0 Å². The van der Waals surface area contributed by atoms with Gasteiger partial charge in [-0.15, -0.1) is 0 Å². The van der Waals surface area contributed by atoms with Gasteiger partial charge in [0.2, 0.25) is 0 Å². The zero-order chi connectivity index (χ0) is 13.2. The molecule has 1 aliphatic rings. The fourth-order valence-electron chi connectivity index (χ4n) is 2.02. The standard InChI is InChI=1S/C13H19ClN2O2/c1-2-5-16-7-10(14)6-11(16)12(18)15-8-13(9-17)3-4-13/h6-7,17H,2-5,8-9H2,1H3,(H,15,18). The summed E-state index contributed by atoms with van der Waals surface area (Å²) in [7, 11) is 0.